The highest BCUT2D eigenvalue weighted by Gasteiger charge is 2.11. The highest BCUT2D eigenvalue weighted by molar-refractivity contribution is 9.10. The van der Waals surface area contributed by atoms with E-state index in [9.17, 15) is 5.26 Å². The Bertz CT molecular complexity index is 652. The van der Waals surface area contributed by atoms with E-state index in [-0.39, 0.29) is 0 Å². The third-order valence-electron chi connectivity index (χ3n) is 3.09. The van der Waals surface area contributed by atoms with Crippen LogP contribution in [0.2, 0.25) is 0 Å². The monoisotopic (exact) mass is 318 g/mol. The van der Waals surface area contributed by atoms with Gasteiger partial charge in [0.2, 0.25) is 0 Å². The van der Waals surface area contributed by atoms with Crippen LogP contribution in [0.3, 0.4) is 0 Å². The van der Waals surface area contributed by atoms with Gasteiger partial charge in [0.15, 0.2) is 0 Å². The van der Waals surface area contributed by atoms with Gasteiger partial charge >= 0.3 is 0 Å². The summed E-state index contributed by atoms with van der Waals surface area (Å²) in [7, 11) is 1.91. The standard InChI is InChI=1S/C14H15BrN4/c1-9-5-4-6-12(11(9)7-16)17-8-13-14(15)10(2)18-19(13)3/h4-6,17H,8H2,1-3H3. The van der Waals surface area contributed by atoms with Gasteiger partial charge in [-0.15, -0.1) is 0 Å². The second-order valence-electron chi connectivity index (χ2n) is 4.43. The van der Waals surface area contributed by atoms with E-state index in [0.717, 1.165) is 27.1 Å². The number of aryl methyl sites for hydroxylation is 3. The minimum atomic E-state index is 0.621. The van der Waals surface area contributed by atoms with E-state index in [2.05, 4.69) is 32.4 Å². The minimum absolute atomic E-state index is 0.621. The summed E-state index contributed by atoms with van der Waals surface area (Å²) in [5.74, 6) is 0. The first kappa shape index (κ1) is 13.6. The second kappa shape index (κ2) is 5.45. The number of anilines is 1. The lowest BCUT2D eigenvalue weighted by Gasteiger charge is -2.10. The molecule has 0 amide bonds. The van der Waals surface area contributed by atoms with E-state index in [0.29, 0.717) is 12.1 Å². The van der Waals surface area contributed by atoms with Gasteiger partial charge in [-0.05, 0) is 41.4 Å². The molecule has 0 aliphatic rings. The molecule has 0 spiro atoms. The molecule has 5 heteroatoms. The molecule has 1 N–H and O–H groups in total. The van der Waals surface area contributed by atoms with Crippen molar-refractivity contribution in [2.45, 2.75) is 20.4 Å². The predicted molar refractivity (Wildman–Crippen MR) is 78.9 cm³/mol. The van der Waals surface area contributed by atoms with Gasteiger partial charge in [0.1, 0.15) is 6.07 Å². The molecule has 0 atom stereocenters. The number of hydrogen-bond acceptors (Lipinski definition) is 3. The Kier molecular flexibility index (Phi) is 3.91. The summed E-state index contributed by atoms with van der Waals surface area (Å²) >= 11 is 3.54. The molecule has 0 saturated heterocycles. The largest absolute Gasteiger partial charge is 0.378 e. The maximum Gasteiger partial charge on any atom is 0.102 e. The predicted octanol–water partition coefficient (Wildman–Crippen LogP) is 3.28. The molecule has 2 rings (SSSR count). The highest BCUT2D eigenvalue weighted by atomic mass is 79.9. The summed E-state index contributed by atoms with van der Waals surface area (Å²) in [5.41, 5.74) is 4.55. The lowest BCUT2D eigenvalue weighted by atomic mass is 10.1. The SMILES string of the molecule is Cc1cccc(NCc2c(Br)c(C)nn2C)c1C#N. The fourth-order valence-corrected chi connectivity index (χ4v) is 2.49. The van der Waals surface area contributed by atoms with Gasteiger partial charge < -0.3 is 5.32 Å². The summed E-state index contributed by atoms with van der Waals surface area (Å²) in [5, 5.41) is 16.8. The summed E-state index contributed by atoms with van der Waals surface area (Å²) in [6, 6.07) is 8.04. The van der Waals surface area contributed by atoms with Crippen molar-refractivity contribution < 1.29 is 0 Å². The van der Waals surface area contributed by atoms with Crippen LogP contribution in [-0.4, -0.2) is 9.78 Å². The Morgan fingerprint density at radius 3 is 2.74 bits per heavy atom. The first-order valence-corrected chi connectivity index (χ1v) is 6.75. The zero-order valence-corrected chi connectivity index (χ0v) is 12.7. The summed E-state index contributed by atoms with van der Waals surface area (Å²) in [6.07, 6.45) is 0. The molecule has 1 aromatic heterocycles. The molecule has 2 aromatic rings. The summed E-state index contributed by atoms with van der Waals surface area (Å²) in [6.45, 7) is 4.52. The molecule has 0 bridgehead atoms. The Balaban J connectivity index is 2.25. The number of benzene rings is 1. The molecule has 1 aromatic carbocycles. The molecule has 0 aliphatic carbocycles. The Morgan fingerprint density at radius 2 is 2.16 bits per heavy atom. The van der Waals surface area contributed by atoms with Gasteiger partial charge in [-0.1, -0.05) is 12.1 Å². The average molecular weight is 319 g/mol. The van der Waals surface area contributed by atoms with Gasteiger partial charge in [0.25, 0.3) is 0 Å². The van der Waals surface area contributed by atoms with E-state index in [1.54, 1.807) is 0 Å². The lowest BCUT2D eigenvalue weighted by Crippen LogP contribution is -2.07. The van der Waals surface area contributed by atoms with Crippen molar-refractivity contribution in [3.05, 3.63) is 45.2 Å². The van der Waals surface area contributed by atoms with Crippen molar-refractivity contribution in [3.8, 4) is 6.07 Å². The molecular formula is C14H15BrN4. The molecule has 0 unspecified atom stereocenters. The van der Waals surface area contributed by atoms with Gasteiger partial charge in [-0.3, -0.25) is 4.68 Å². The average Bonchev–Trinajstić information content (AvgIpc) is 2.61. The van der Waals surface area contributed by atoms with Crippen molar-refractivity contribution in [1.82, 2.24) is 9.78 Å². The maximum atomic E-state index is 9.19. The van der Waals surface area contributed by atoms with Gasteiger partial charge in [0.05, 0.1) is 33.7 Å². The van der Waals surface area contributed by atoms with E-state index >= 15 is 0 Å². The Labute approximate surface area is 121 Å². The number of nitrogens with zero attached hydrogens (tertiary/aromatic N) is 3. The van der Waals surface area contributed by atoms with E-state index in [1.165, 1.54) is 0 Å². The molecule has 19 heavy (non-hydrogen) atoms. The second-order valence-corrected chi connectivity index (χ2v) is 5.23. The number of rotatable bonds is 3. The summed E-state index contributed by atoms with van der Waals surface area (Å²) in [4.78, 5) is 0. The van der Waals surface area contributed by atoms with Crippen molar-refractivity contribution in [3.63, 3.8) is 0 Å². The van der Waals surface area contributed by atoms with Gasteiger partial charge in [-0.2, -0.15) is 10.4 Å². The van der Waals surface area contributed by atoms with Crippen LogP contribution in [0.4, 0.5) is 5.69 Å². The molecule has 0 fully saturated rings. The quantitative estimate of drug-likeness (QED) is 0.944. The van der Waals surface area contributed by atoms with Crippen molar-refractivity contribution in [2.75, 3.05) is 5.32 Å². The molecule has 0 radical (unpaired) electrons. The zero-order chi connectivity index (χ0) is 14.0. The molecule has 98 valence electrons. The van der Waals surface area contributed by atoms with Crippen LogP contribution in [0.1, 0.15) is 22.5 Å². The highest BCUT2D eigenvalue weighted by Crippen LogP contribution is 2.23. The first-order valence-electron chi connectivity index (χ1n) is 5.96. The number of hydrogen-bond donors (Lipinski definition) is 1. The first-order chi connectivity index (χ1) is 9.04. The van der Waals surface area contributed by atoms with E-state index in [4.69, 9.17) is 0 Å². The van der Waals surface area contributed by atoms with E-state index < -0.39 is 0 Å². The van der Waals surface area contributed by atoms with Crippen LogP contribution in [0, 0.1) is 25.2 Å². The van der Waals surface area contributed by atoms with Gasteiger partial charge in [-0.25, -0.2) is 0 Å². The molecular weight excluding hydrogens is 304 g/mol. The Morgan fingerprint density at radius 1 is 1.42 bits per heavy atom. The van der Waals surface area contributed by atoms with Gasteiger partial charge in [0, 0.05) is 7.05 Å². The molecule has 1 heterocycles. The number of halogens is 1. The Hall–Kier alpha value is -1.80. The van der Waals surface area contributed by atoms with E-state index in [1.807, 2.05) is 43.8 Å². The minimum Gasteiger partial charge on any atom is -0.378 e. The molecule has 0 saturated carbocycles. The van der Waals surface area contributed by atoms with Crippen molar-refractivity contribution in [1.29, 1.82) is 5.26 Å². The fourth-order valence-electron chi connectivity index (χ4n) is 2.01. The van der Waals surface area contributed by atoms with Crippen molar-refractivity contribution >= 4 is 21.6 Å². The zero-order valence-electron chi connectivity index (χ0n) is 11.2. The van der Waals surface area contributed by atoms with Crippen LogP contribution < -0.4 is 5.32 Å². The third-order valence-corrected chi connectivity index (χ3v) is 4.12. The normalized spacial score (nSPS) is 10.3. The van der Waals surface area contributed by atoms with Crippen LogP contribution >= 0.6 is 15.9 Å². The lowest BCUT2D eigenvalue weighted by molar-refractivity contribution is 0.712. The third kappa shape index (κ3) is 2.64. The fraction of sp³-hybridized carbons (Fsp3) is 0.286. The number of nitrogens with one attached hydrogen (secondary N) is 1. The number of aromatic nitrogens is 2. The van der Waals surface area contributed by atoms with Crippen LogP contribution in [0.25, 0.3) is 0 Å². The van der Waals surface area contributed by atoms with Crippen LogP contribution in [-0.2, 0) is 13.6 Å². The topological polar surface area (TPSA) is 53.6 Å². The van der Waals surface area contributed by atoms with Crippen LogP contribution in [0.15, 0.2) is 22.7 Å². The summed E-state index contributed by atoms with van der Waals surface area (Å²) < 4.78 is 2.85. The van der Waals surface area contributed by atoms with Crippen molar-refractivity contribution in [2.24, 2.45) is 7.05 Å². The maximum absolute atomic E-state index is 9.19. The molecule has 0 aliphatic heterocycles. The number of nitriles is 1. The smallest absolute Gasteiger partial charge is 0.102 e. The molecule has 4 nitrogen and oxygen atoms in total. The van der Waals surface area contributed by atoms with Crippen LogP contribution in [0.5, 0.6) is 0 Å².